The zero-order valence-electron chi connectivity index (χ0n) is 17.8. The molecule has 172 valence electrons. The molecule has 4 rings (SSSR count). The highest BCUT2D eigenvalue weighted by atomic mass is 35.5. The van der Waals surface area contributed by atoms with Gasteiger partial charge in [-0.05, 0) is 48.9 Å². The van der Waals surface area contributed by atoms with Crippen molar-refractivity contribution in [3.63, 3.8) is 0 Å². The maximum atomic E-state index is 13.0. The summed E-state index contributed by atoms with van der Waals surface area (Å²) in [4.78, 5) is 0.960. The van der Waals surface area contributed by atoms with Crippen molar-refractivity contribution >= 4 is 50.9 Å². The van der Waals surface area contributed by atoms with Gasteiger partial charge in [0.15, 0.2) is 5.44 Å². The van der Waals surface area contributed by atoms with Crippen LogP contribution < -0.4 is 4.74 Å². The molecule has 0 amide bonds. The summed E-state index contributed by atoms with van der Waals surface area (Å²) in [7, 11) is -2.50. The first-order valence-corrected chi connectivity index (χ1v) is 13.1. The van der Waals surface area contributed by atoms with Crippen LogP contribution in [0.15, 0.2) is 93.1 Å². The number of ether oxygens (including phenoxy) is 2. The van der Waals surface area contributed by atoms with Gasteiger partial charge in [-0.1, -0.05) is 83.0 Å². The third-order valence-electron chi connectivity index (χ3n) is 5.17. The Balaban J connectivity index is 1.75. The molecule has 0 radical (unpaired) electrons. The summed E-state index contributed by atoms with van der Waals surface area (Å²) >= 11 is 15.0. The largest absolute Gasteiger partial charge is 0.497 e. The summed E-state index contributed by atoms with van der Waals surface area (Å²) in [5.41, 5.74) is 1.09. The minimum atomic E-state index is -4.08. The van der Waals surface area contributed by atoms with Crippen LogP contribution in [0.3, 0.4) is 0 Å². The number of sulfonamides is 1. The number of methoxy groups -OCH3 is 1. The number of hydrogen-bond acceptors (Lipinski definition) is 5. The van der Waals surface area contributed by atoms with Gasteiger partial charge in [-0.2, -0.15) is 8.42 Å². The van der Waals surface area contributed by atoms with Crippen LogP contribution in [0.2, 0.25) is 0 Å². The Hall–Kier alpha value is -2.19. The summed E-state index contributed by atoms with van der Waals surface area (Å²) < 4.78 is 39.4. The lowest BCUT2D eigenvalue weighted by atomic mass is 9.97. The van der Waals surface area contributed by atoms with Crippen LogP contribution >= 0.6 is 35.0 Å². The van der Waals surface area contributed by atoms with Gasteiger partial charge in [-0.15, -0.1) is 4.40 Å². The first-order chi connectivity index (χ1) is 15.7. The van der Waals surface area contributed by atoms with Crippen molar-refractivity contribution in [1.82, 2.24) is 0 Å². The smallest absolute Gasteiger partial charge is 0.285 e. The van der Waals surface area contributed by atoms with Crippen LogP contribution in [0.1, 0.15) is 17.0 Å². The molecule has 1 aliphatic rings. The van der Waals surface area contributed by atoms with E-state index in [0.29, 0.717) is 5.75 Å². The van der Waals surface area contributed by atoms with Crippen molar-refractivity contribution in [2.75, 3.05) is 7.11 Å². The van der Waals surface area contributed by atoms with E-state index in [4.69, 9.17) is 32.7 Å². The number of rotatable bonds is 6. The highest BCUT2D eigenvalue weighted by Gasteiger charge is 2.55. The molecule has 0 aromatic heterocycles. The standard InChI is InChI=1S/C24H21Cl2NO4S2/c1-16-8-14-20(15-9-16)33(28,29)27-23-24(25,26)21(17-10-12-18(30-2)13-11-17)22(31-23)32-19-6-4-3-5-7-19/h3-15,21-22H,1-2H3/b27-23-/t21-,22-/m0/s1. The number of thioether (sulfide) groups is 1. The van der Waals surface area contributed by atoms with Crippen molar-refractivity contribution in [3.8, 4) is 5.75 Å². The van der Waals surface area contributed by atoms with Crippen LogP contribution in [-0.4, -0.2) is 31.2 Å². The molecular formula is C24H21Cl2NO4S2. The van der Waals surface area contributed by atoms with Crippen LogP contribution in [0.25, 0.3) is 0 Å². The van der Waals surface area contributed by atoms with Gasteiger partial charge < -0.3 is 9.47 Å². The first kappa shape index (κ1) is 24.0. The van der Waals surface area contributed by atoms with Gasteiger partial charge in [0.25, 0.3) is 10.0 Å². The zero-order valence-corrected chi connectivity index (χ0v) is 21.0. The molecule has 1 saturated heterocycles. The number of hydrogen-bond donors (Lipinski definition) is 0. The lowest BCUT2D eigenvalue weighted by molar-refractivity contribution is 0.293. The SMILES string of the molecule is COc1ccc([C@H]2[C@H](Sc3ccccc3)O/C(=N\S(=O)(=O)c3ccc(C)cc3)C2(Cl)Cl)cc1. The van der Waals surface area contributed by atoms with E-state index in [9.17, 15) is 8.42 Å². The molecule has 1 heterocycles. The third-order valence-corrected chi connectivity index (χ3v) is 8.38. The Kier molecular flexibility index (Phi) is 6.96. The fraction of sp³-hybridized carbons (Fsp3) is 0.208. The van der Waals surface area contributed by atoms with E-state index in [1.165, 1.54) is 23.9 Å². The summed E-state index contributed by atoms with van der Waals surface area (Å²) in [5, 5.41) is 0. The zero-order chi connectivity index (χ0) is 23.6. The highest BCUT2D eigenvalue weighted by Crippen LogP contribution is 2.53. The number of aryl methyl sites for hydroxylation is 1. The molecule has 0 unspecified atom stereocenters. The quantitative estimate of drug-likeness (QED) is 0.361. The van der Waals surface area contributed by atoms with Gasteiger partial charge >= 0.3 is 0 Å². The summed E-state index contributed by atoms with van der Waals surface area (Å²) in [6, 6.07) is 23.2. The summed E-state index contributed by atoms with van der Waals surface area (Å²) in [5.74, 6) is -0.167. The minimum absolute atomic E-state index is 0.0356. The Bertz CT molecular complexity index is 1250. The van der Waals surface area contributed by atoms with E-state index in [1.807, 2.05) is 49.4 Å². The molecule has 0 N–H and O–H groups in total. The van der Waals surface area contributed by atoms with Crippen LogP contribution in [0.5, 0.6) is 5.75 Å². The molecule has 0 saturated carbocycles. The van der Waals surface area contributed by atoms with Gasteiger partial charge in [0, 0.05) is 4.90 Å². The van der Waals surface area contributed by atoms with Gasteiger partial charge in [0.1, 0.15) is 5.75 Å². The molecule has 0 bridgehead atoms. The maximum Gasteiger partial charge on any atom is 0.285 e. The number of nitrogens with zero attached hydrogens (tertiary/aromatic N) is 1. The first-order valence-electron chi connectivity index (χ1n) is 10.0. The number of benzene rings is 3. The van der Waals surface area contributed by atoms with Gasteiger partial charge in [-0.25, -0.2) is 0 Å². The predicted octanol–water partition coefficient (Wildman–Crippen LogP) is 6.20. The molecule has 1 fully saturated rings. The van der Waals surface area contributed by atoms with Crippen molar-refractivity contribution < 1.29 is 17.9 Å². The number of alkyl halides is 2. The molecule has 0 spiro atoms. The van der Waals surface area contributed by atoms with E-state index in [1.54, 1.807) is 31.4 Å². The average molecular weight is 522 g/mol. The van der Waals surface area contributed by atoms with E-state index in [0.717, 1.165) is 16.0 Å². The summed E-state index contributed by atoms with van der Waals surface area (Å²) in [6.07, 6.45) is 0. The molecule has 3 aromatic rings. The lowest BCUT2D eigenvalue weighted by Crippen LogP contribution is -2.28. The van der Waals surface area contributed by atoms with E-state index in [2.05, 4.69) is 4.40 Å². The topological polar surface area (TPSA) is 65.0 Å². The molecule has 9 heteroatoms. The number of halogens is 2. The van der Waals surface area contributed by atoms with Gasteiger partial charge in [-0.3, -0.25) is 0 Å². The Morgan fingerprint density at radius 2 is 1.61 bits per heavy atom. The third kappa shape index (κ3) is 5.17. The fourth-order valence-corrected chi connectivity index (χ4v) is 6.53. The Morgan fingerprint density at radius 1 is 0.970 bits per heavy atom. The van der Waals surface area contributed by atoms with Crippen molar-refractivity contribution in [3.05, 3.63) is 90.0 Å². The Morgan fingerprint density at radius 3 is 2.21 bits per heavy atom. The van der Waals surface area contributed by atoms with Crippen LogP contribution in [-0.2, 0) is 14.8 Å². The monoisotopic (exact) mass is 521 g/mol. The van der Waals surface area contributed by atoms with Crippen molar-refractivity contribution in [1.29, 1.82) is 0 Å². The van der Waals surface area contributed by atoms with Crippen molar-refractivity contribution in [2.45, 2.75) is 32.4 Å². The van der Waals surface area contributed by atoms with Crippen LogP contribution in [0.4, 0.5) is 0 Å². The second-order valence-corrected chi connectivity index (χ2v) is 11.6. The van der Waals surface area contributed by atoms with E-state index >= 15 is 0 Å². The van der Waals surface area contributed by atoms with Gasteiger partial charge in [0.2, 0.25) is 10.2 Å². The predicted molar refractivity (Wildman–Crippen MR) is 133 cm³/mol. The molecule has 2 atom stereocenters. The van der Waals surface area contributed by atoms with Crippen molar-refractivity contribution in [2.24, 2.45) is 4.40 Å². The molecule has 3 aromatic carbocycles. The summed E-state index contributed by atoms with van der Waals surface area (Å²) in [6.45, 7) is 1.87. The normalized spacial score (nSPS) is 21.0. The molecule has 1 aliphatic heterocycles. The maximum absolute atomic E-state index is 13.0. The van der Waals surface area contributed by atoms with Crippen LogP contribution in [0, 0.1) is 6.92 Å². The lowest BCUT2D eigenvalue weighted by Gasteiger charge is -2.23. The molecular weight excluding hydrogens is 501 g/mol. The highest BCUT2D eigenvalue weighted by molar-refractivity contribution is 7.99. The average Bonchev–Trinajstić information content (AvgIpc) is 3.03. The minimum Gasteiger partial charge on any atom is -0.497 e. The second-order valence-electron chi connectivity index (χ2n) is 7.48. The van der Waals surface area contributed by atoms with Gasteiger partial charge in [0.05, 0.1) is 17.9 Å². The van der Waals surface area contributed by atoms with E-state index < -0.39 is 25.7 Å². The Labute approximate surface area is 207 Å². The molecule has 33 heavy (non-hydrogen) atoms. The molecule has 0 aliphatic carbocycles. The second kappa shape index (κ2) is 9.58. The fourth-order valence-electron chi connectivity index (χ4n) is 3.42. The molecule has 5 nitrogen and oxygen atoms in total. The van der Waals surface area contributed by atoms with E-state index in [-0.39, 0.29) is 10.8 Å².